The Kier molecular flexibility index (Phi) is 3.24. The molecule has 0 radical (unpaired) electrons. The van der Waals surface area contributed by atoms with Crippen molar-refractivity contribution in [2.45, 2.75) is 20.0 Å². The maximum absolute atomic E-state index is 12.1. The smallest absolute Gasteiger partial charge is 0.275 e. The van der Waals surface area contributed by atoms with E-state index in [0.717, 1.165) is 11.0 Å². The lowest BCUT2D eigenvalue weighted by Crippen LogP contribution is -2.25. The topological polar surface area (TPSA) is 44.1 Å². The first-order chi connectivity index (χ1) is 8.15. The van der Waals surface area contributed by atoms with Gasteiger partial charge in [-0.25, -0.2) is 4.98 Å². The van der Waals surface area contributed by atoms with Crippen molar-refractivity contribution < 1.29 is 4.74 Å². The summed E-state index contributed by atoms with van der Waals surface area (Å²) >= 11 is 0. The molecule has 2 rings (SSSR count). The highest BCUT2D eigenvalue weighted by Gasteiger charge is 2.14. The Morgan fingerprint density at radius 2 is 2.12 bits per heavy atom. The molecule has 0 saturated heterocycles. The Morgan fingerprint density at radius 1 is 1.41 bits per heavy atom. The van der Waals surface area contributed by atoms with Crippen LogP contribution in [0.3, 0.4) is 0 Å². The predicted octanol–water partition coefficient (Wildman–Crippen LogP) is 2.03. The third kappa shape index (κ3) is 2.08. The van der Waals surface area contributed by atoms with Crippen molar-refractivity contribution in [3.63, 3.8) is 0 Å². The summed E-state index contributed by atoms with van der Waals surface area (Å²) in [5, 5.41) is 0. The van der Waals surface area contributed by atoms with E-state index in [2.05, 4.69) is 4.98 Å². The normalized spacial score (nSPS) is 12.9. The van der Waals surface area contributed by atoms with E-state index in [4.69, 9.17) is 4.74 Å². The molecule has 0 bridgehead atoms. The number of rotatable bonds is 3. The van der Waals surface area contributed by atoms with E-state index in [-0.39, 0.29) is 11.7 Å². The summed E-state index contributed by atoms with van der Waals surface area (Å²) in [6, 6.07) is 7.60. The van der Waals surface area contributed by atoms with Gasteiger partial charge in [-0.2, -0.15) is 0 Å². The summed E-state index contributed by atoms with van der Waals surface area (Å²) in [7, 11) is 1.76. The third-order valence-corrected chi connectivity index (χ3v) is 2.81. The molecule has 0 N–H and O–H groups in total. The minimum absolute atomic E-state index is 0.0929. The minimum Gasteiger partial charge on any atom is -0.372 e. The minimum atomic E-state index is -0.275. The standard InChI is InChI=1S/C13H16N2O2/c1-4-17-9(2)12-13(16)15(3)11-8-6-5-7-10(11)14-12/h5-9H,4H2,1-3H3/t9-/m1/s1. The average Bonchev–Trinajstić information content (AvgIpc) is 2.34. The fourth-order valence-electron chi connectivity index (χ4n) is 1.89. The number of benzene rings is 1. The highest BCUT2D eigenvalue weighted by atomic mass is 16.5. The monoisotopic (exact) mass is 232 g/mol. The molecule has 2 aromatic rings. The van der Waals surface area contributed by atoms with Gasteiger partial charge in [-0.1, -0.05) is 12.1 Å². The summed E-state index contributed by atoms with van der Waals surface area (Å²) < 4.78 is 7.06. The molecular weight excluding hydrogens is 216 g/mol. The van der Waals surface area contributed by atoms with Crippen molar-refractivity contribution in [2.75, 3.05) is 6.61 Å². The summed E-state index contributed by atoms with van der Waals surface area (Å²) in [5.74, 6) is 0. The van der Waals surface area contributed by atoms with Crippen molar-refractivity contribution in [3.05, 3.63) is 40.3 Å². The van der Waals surface area contributed by atoms with Crippen LogP contribution in [0.4, 0.5) is 0 Å². The maximum atomic E-state index is 12.1. The molecule has 90 valence electrons. The zero-order valence-corrected chi connectivity index (χ0v) is 10.3. The van der Waals surface area contributed by atoms with E-state index in [1.54, 1.807) is 11.6 Å². The molecule has 1 aromatic carbocycles. The Bertz CT molecular complexity index is 589. The second-order valence-electron chi connectivity index (χ2n) is 3.95. The maximum Gasteiger partial charge on any atom is 0.275 e. The Morgan fingerprint density at radius 3 is 2.82 bits per heavy atom. The van der Waals surface area contributed by atoms with Gasteiger partial charge in [-0.3, -0.25) is 4.79 Å². The molecule has 4 heteroatoms. The van der Waals surface area contributed by atoms with Crippen LogP contribution < -0.4 is 5.56 Å². The number of hydrogen-bond donors (Lipinski definition) is 0. The van der Waals surface area contributed by atoms with E-state index in [9.17, 15) is 4.79 Å². The van der Waals surface area contributed by atoms with Gasteiger partial charge in [-0.05, 0) is 26.0 Å². The van der Waals surface area contributed by atoms with Gasteiger partial charge in [0.2, 0.25) is 0 Å². The number of fused-ring (bicyclic) bond motifs is 1. The van der Waals surface area contributed by atoms with E-state index in [1.807, 2.05) is 38.1 Å². The predicted molar refractivity (Wildman–Crippen MR) is 67.0 cm³/mol. The molecule has 1 heterocycles. The number of aromatic nitrogens is 2. The van der Waals surface area contributed by atoms with Crippen LogP contribution in [0.5, 0.6) is 0 Å². The van der Waals surface area contributed by atoms with Gasteiger partial charge in [0, 0.05) is 13.7 Å². The Labute approximate surface area is 99.9 Å². The largest absolute Gasteiger partial charge is 0.372 e. The zero-order chi connectivity index (χ0) is 12.4. The van der Waals surface area contributed by atoms with Crippen molar-refractivity contribution in [1.29, 1.82) is 0 Å². The fourth-order valence-corrected chi connectivity index (χ4v) is 1.89. The Hall–Kier alpha value is -1.68. The molecule has 17 heavy (non-hydrogen) atoms. The summed E-state index contributed by atoms with van der Waals surface area (Å²) in [4.78, 5) is 16.5. The van der Waals surface area contributed by atoms with Gasteiger partial charge in [0.25, 0.3) is 5.56 Å². The van der Waals surface area contributed by atoms with Crippen molar-refractivity contribution in [3.8, 4) is 0 Å². The number of hydrogen-bond acceptors (Lipinski definition) is 3. The lowest BCUT2D eigenvalue weighted by molar-refractivity contribution is 0.0722. The molecule has 1 atom stereocenters. The molecule has 0 spiro atoms. The quantitative estimate of drug-likeness (QED) is 0.813. The highest BCUT2D eigenvalue weighted by molar-refractivity contribution is 5.74. The molecule has 0 fully saturated rings. The van der Waals surface area contributed by atoms with Crippen LogP contribution in [0.1, 0.15) is 25.6 Å². The lowest BCUT2D eigenvalue weighted by Gasteiger charge is -2.13. The molecule has 0 amide bonds. The SMILES string of the molecule is CCO[C@H](C)c1nc2ccccc2n(C)c1=O. The van der Waals surface area contributed by atoms with Crippen LogP contribution >= 0.6 is 0 Å². The highest BCUT2D eigenvalue weighted by Crippen LogP contribution is 2.14. The average molecular weight is 232 g/mol. The first-order valence-corrected chi connectivity index (χ1v) is 5.72. The fraction of sp³-hybridized carbons (Fsp3) is 0.385. The third-order valence-electron chi connectivity index (χ3n) is 2.81. The van der Waals surface area contributed by atoms with Crippen molar-refractivity contribution >= 4 is 11.0 Å². The molecule has 0 aliphatic carbocycles. The molecule has 0 saturated carbocycles. The van der Waals surface area contributed by atoms with Gasteiger partial charge >= 0.3 is 0 Å². The number of ether oxygens (including phenoxy) is 1. The Balaban J connectivity index is 2.66. The molecule has 4 nitrogen and oxygen atoms in total. The molecule has 1 aromatic heterocycles. The van der Waals surface area contributed by atoms with Gasteiger partial charge in [-0.15, -0.1) is 0 Å². The molecule has 0 aliphatic rings. The van der Waals surface area contributed by atoms with E-state index in [0.29, 0.717) is 12.3 Å². The second-order valence-corrected chi connectivity index (χ2v) is 3.95. The molecular formula is C13H16N2O2. The molecule has 0 unspecified atom stereocenters. The number of aryl methyl sites for hydroxylation is 1. The van der Waals surface area contributed by atoms with Crippen LogP contribution in [0.25, 0.3) is 11.0 Å². The van der Waals surface area contributed by atoms with E-state index < -0.39 is 0 Å². The van der Waals surface area contributed by atoms with Crippen LogP contribution in [0.2, 0.25) is 0 Å². The lowest BCUT2D eigenvalue weighted by atomic mass is 10.2. The van der Waals surface area contributed by atoms with Crippen LogP contribution in [0.15, 0.2) is 29.1 Å². The zero-order valence-electron chi connectivity index (χ0n) is 10.3. The summed E-state index contributed by atoms with van der Waals surface area (Å²) in [5.41, 5.74) is 2.03. The van der Waals surface area contributed by atoms with Gasteiger partial charge in [0.05, 0.1) is 11.0 Å². The summed E-state index contributed by atoms with van der Waals surface area (Å²) in [6.45, 7) is 4.32. The van der Waals surface area contributed by atoms with Gasteiger partial charge in [0.15, 0.2) is 0 Å². The summed E-state index contributed by atoms with van der Waals surface area (Å²) in [6.07, 6.45) is -0.275. The van der Waals surface area contributed by atoms with Crippen molar-refractivity contribution in [2.24, 2.45) is 7.05 Å². The van der Waals surface area contributed by atoms with E-state index >= 15 is 0 Å². The number of para-hydroxylation sites is 2. The first-order valence-electron chi connectivity index (χ1n) is 5.72. The van der Waals surface area contributed by atoms with Crippen molar-refractivity contribution in [1.82, 2.24) is 9.55 Å². The van der Waals surface area contributed by atoms with Crippen LogP contribution in [0, 0.1) is 0 Å². The molecule has 0 aliphatic heterocycles. The number of nitrogens with zero attached hydrogens (tertiary/aromatic N) is 2. The first kappa shape index (κ1) is 11.8. The van der Waals surface area contributed by atoms with Crippen LogP contribution in [-0.2, 0) is 11.8 Å². The van der Waals surface area contributed by atoms with Gasteiger partial charge < -0.3 is 9.30 Å². The second kappa shape index (κ2) is 4.67. The van der Waals surface area contributed by atoms with Gasteiger partial charge in [0.1, 0.15) is 11.8 Å². The van der Waals surface area contributed by atoms with Crippen LogP contribution in [-0.4, -0.2) is 16.2 Å². The van der Waals surface area contributed by atoms with E-state index in [1.165, 1.54) is 0 Å².